The lowest BCUT2D eigenvalue weighted by Crippen LogP contribution is -2.37. The summed E-state index contributed by atoms with van der Waals surface area (Å²) >= 11 is 3.50. The number of hydrogen-bond donors (Lipinski definition) is 0. The molecule has 0 saturated carbocycles. The number of halogens is 1. The minimum absolute atomic E-state index is 0.120. The second-order valence-corrected chi connectivity index (χ2v) is 6.84. The number of benzene rings is 1. The highest BCUT2D eigenvalue weighted by molar-refractivity contribution is 9.10. The third kappa shape index (κ3) is 4.98. The van der Waals surface area contributed by atoms with Crippen LogP contribution in [-0.2, 0) is 0 Å². The number of carbonyl (C=O) groups excluding carboxylic acids is 1. The number of nitrogens with zero attached hydrogens (tertiary/aromatic N) is 1. The topological polar surface area (TPSA) is 20.3 Å². The van der Waals surface area contributed by atoms with E-state index in [-0.39, 0.29) is 5.91 Å². The van der Waals surface area contributed by atoms with Crippen LogP contribution in [0.1, 0.15) is 43.6 Å². The molecule has 0 atom stereocenters. The number of amides is 1. The molecule has 0 aliphatic rings. The van der Waals surface area contributed by atoms with Gasteiger partial charge in [0.15, 0.2) is 0 Å². The Morgan fingerprint density at radius 1 is 1.16 bits per heavy atom. The molecule has 2 nitrogen and oxygen atoms in total. The van der Waals surface area contributed by atoms with Gasteiger partial charge in [-0.25, -0.2) is 0 Å². The Hall–Kier alpha value is -0.830. The van der Waals surface area contributed by atoms with Crippen molar-refractivity contribution in [3.8, 4) is 0 Å². The first kappa shape index (κ1) is 16.2. The van der Waals surface area contributed by atoms with Crippen molar-refractivity contribution in [3.05, 3.63) is 33.8 Å². The van der Waals surface area contributed by atoms with Crippen LogP contribution < -0.4 is 0 Å². The van der Waals surface area contributed by atoms with Crippen LogP contribution in [0.3, 0.4) is 0 Å². The lowest BCUT2D eigenvalue weighted by atomic mass is 10.1. The monoisotopic (exact) mass is 325 g/mol. The molecule has 0 bridgehead atoms. The second kappa shape index (κ2) is 7.09. The van der Waals surface area contributed by atoms with E-state index in [9.17, 15) is 4.79 Å². The number of carbonyl (C=O) groups is 1. The Morgan fingerprint density at radius 3 is 2.11 bits per heavy atom. The molecule has 0 aromatic heterocycles. The molecule has 0 aliphatic heterocycles. The molecule has 3 heteroatoms. The highest BCUT2D eigenvalue weighted by atomic mass is 79.9. The van der Waals surface area contributed by atoms with Gasteiger partial charge in [-0.2, -0.15) is 0 Å². The molecule has 1 aromatic rings. The lowest BCUT2D eigenvalue weighted by molar-refractivity contribution is 0.0714. The molecule has 0 N–H and O–H groups in total. The summed E-state index contributed by atoms with van der Waals surface area (Å²) in [7, 11) is 0. The fourth-order valence-corrected chi connectivity index (χ4v) is 2.75. The molecule has 106 valence electrons. The summed E-state index contributed by atoms with van der Waals surface area (Å²) in [6, 6.07) is 5.90. The predicted octanol–water partition coefficient (Wildman–Crippen LogP) is 4.51. The molecule has 0 radical (unpaired) electrons. The average Bonchev–Trinajstić information content (AvgIpc) is 2.26. The van der Waals surface area contributed by atoms with Gasteiger partial charge < -0.3 is 4.90 Å². The maximum Gasteiger partial charge on any atom is 0.255 e. The van der Waals surface area contributed by atoms with Crippen LogP contribution in [0.25, 0.3) is 0 Å². The number of hydrogen-bond acceptors (Lipinski definition) is 1. The van der Waals surface area contributed by atoms with E-state index in [2.05, 4.69) is 43.6 Å². The summed E-state index contributed by atoms with van der Waals surface area (Å²) in [6.45, 7) is 12.2. The van der Waals surface area contributed by atoms with E-state index in [0.29, 0.717) is 11.8 Å². The zero-order valence-electron chi connectivity index (χ0n) is 12.5. The van der Waals surface area contributed by atoms with E-state index in [1.165, 1.54) is 0 Å². The fourth-order valence-electron chi connectivity index (χ4n) is 2.09. The number of rotatable bonds is 5. The predicted molar refractivity (Wildman–Crippen MR) is 84.5 cm³/mol. The second-order valence-electron chi connectivity index (χ2n) is 5.98. The highest BCUT2D eigenvalue weighted by Gasteiger charge is 2.19. The molecule has 0 unspecified atom stereocenters. The number of aryl methyl sites for hydroxylation is 1. The van der Waals surface area contributed by atoms with Crippen molar-refractivity contribution < 1.29 is 4.79 Å². The van der Waals surface area contributed by atoms with Gasteiger partial charge >= 0.3 is 0 Å². The van der Waals surface area contributed by atoms with Gasteiger partial charge in [-0.1, -0.05) is 33.8 Å². The van der Waals surface area contributed by atoms with E-state index >= 15 is 0 Å². The molecule has 0 aliphatic carbocycles. The maximum absolute atomic E-state index is 12.6. The van der Waals surface area contributed by atoms with Crippen LogP contribution in [0.4, 0.5) is 0 Å². The van der Waals surface area contributed by atoms with Crippen LogP contribution in [0.5, 0.6) is 0 Å². The fraction of sp³-hybridized carbons (Fsp3) is 0.562. The van der Waals surface area contributed by atoms with Crippen molar-refractivity contribution in [1.82, 2.24) is 4.90 Å². The molecular formula is C16H24BrNO. The average molecular weight is 326 g/mol. The van der Waals surface area contributed by atoms with Crippen LogP contribution in [-0.4, -0.2) is 23.9 Å². The Morgan fingerprint density at radius 2 is 1.68 bits per heavy atom. The van der Waals surface area contributed by atoms with E-state index in [1.54, 1.807) is 0 Å². The van der Waals surface area contributed by atoms with Crippen molar-refractivity contribution in [2.75, 3.05) is 13.1 Å². The molecular weight excluding hydrogens is 302 g/mol. The van der Waals surface area contributed by atoms with Crippen molar-refractivity contribution in [2.45, 2.75) is 34.6 Å². The molecule has 1 aromatic carbocycles. The van der Waals surface area contributed by atoms with Gasteiger partial charge in [0.1, 0.15) is 0 Å². The van der Waals surface area contributed by atoms with Gasteiger partial charge in [0, 0.05) is 17.6 Å². The SMILES string of the molecule is Cc1ccc(C(=O)N(CC(C)C)CC(C)C)c(Br)c1. The summed E-state index contributed by atoms with van der Waals surface area (Å²) in [5, 5.41) is 0. The smallest absolute Gasteiger partial charge is 0.255 e. The Kier molecular flexibility index (Phi) is 6.05. The Bertz CT molecular complexity index is 430. The Balaban J connectivity index is 2.97. The molecule has 0 heterocycles. The molecule has 19 heavy (non-hydrogen) atoms. The summed E-state index contributed by atoms with van der Waals surface area (Å²) in [4.78, 5) is 14.6. The third-order valence-electron chi connectivity index (χ3n) is 2.81. The van der Waals surface area contributed by atoms with Crippen LogP contribution >= 0.6 is 15.9 Å². The minimum Gasteiger partial charge on any atom is -0.338 e. The van der Waals surface area contributed by atoms with Gasteiger partial charge in [-0.3, -0.25) is 4.79 Å². The van der Waals surface area contributed by atoms with Gasteiger partial charge in [0.05, 0.1) is 5.56 Å². The Labute approximate surface area is 125 Å². The molecule has 1 rings (SSSR count). The third-order valence-corrected chi connectivity index (χ3v) is 3.47. The molecule has 0 spiro atoms. The van der Waals surface area contributed by atoms with Gasteiger partial charge in [0.25, 0.3) is 5.91 Å². The molecule has 0 saturated heterocycles. The largest absolute Gasteiger partial charge is 0.338 e. The van der Waals surface area contributed by atoms with Crippen molar-refractivity contribution in [2.24, 2.45) is 11.8 Å². The summed E-state index contributed by atoms with van der Waals surface area (Å²) in [5.41, 5.74) is 1.91. The van der Waals surface area contributed by atoms with Crippen LogP contribution in [0.15, 0.2) is 22.7 Å². The van der Waals surface area contributed by atoms with E-state index in [4.69, 9.17) is 0 Å². The summed E-state index contributed by atoms with van der Waals surface area (Å²) in [6.07, 6.45) is 0. The quantitative estimate of drug-likeness (QED) is 0.779. The van der Waals surface area contributed by atoms with Gasteiger partial charge in [-0.05, 0) is 52.4 Å². The van der Waals surface area contributed by atoms with Gasteiger partial charge in [-0.15, -0.1) is 0 Å². The standard InChI is InChI=1S/C16H24BrNO/c1-11(2)9-18(10-12(3)4)16(19)14-7-6-13(5)8-15(14)17/h6-8,11-12H,9-10H2,1-5H3. The summed E-state index contributed by atoms with van der Waals surface area (Å²) in [5.74, 6) is 1.08. The zero-order chi connectivity index (χ0) is 14.6. The van der Waals surface area contributed by atoms with E-state index in [1.807, 2.05) is 30.0 Å². The van der Waals surface area contributed by atoms with Crippen LogP contribution in [0.2, 0.25) is 0 Å². The van der Waals surface area contributed by atoms with Crippen molar-refractivity contribution in [3.63, 3.8) is 0 Å². The maximum atomic E-state index is 12.6. The normalized spacial score (nSPS) is 11.2. The summed E-state index contributed by atoms with van der Waals surface area (Å²) < 4.78 is 0.884. The minimum atomic E-state index is 0.120. The highest BCUT2D eigenvalue weighted by Crippen LogP contribution is 2.21. The van der Waals surface area contributed by atoms with Crippen molar-refractivity contribution in [1.29, 1.82) is 0 Å². The zero-order valence-corrected chi connectivity index (χ0v) is 14.1. The van der Waals surface area contributed by atoms with Crippen molar-refractivity contribution >= 4 is 21.8 Å². The van der Waals surface area contributed by atoms with E-state index < -0.39 is 0 Å². The van der Waals surface area contributed by atoms with E-state index in [0.717, 1.165) is 28.7 Å². The first-order valence-electron chi connectivity index (χ1n) is 6.86. The molecule has 0 fully saturated rings. The lowest BCUT2D eigenvalue weighted by Gasteiger charge is -2.27. The first-order chi connectivity index (χ1) is 8.81. The molecule has 1 amide bonds. The first-order valence-corrected chi connectivity index (χ1v) is 7.66. The van der Waals surface area contributed by atoms with Crippen LogP contribution in [0, 0.1) is 18.8 Å². The van der Waals surface area contributed by atoms with Gasteiger partial charge in [0.2, 0.25) is 0 Å².